The van der Waals surface area contributed by atoms with Crippen molar-refractivity contribution in [2.24, 2.45) is 0 Å². The van der Waals surface area contributed by atoms with Gasteiger partial charge >= 0.3 is 0 Å². The summed E-state index contributed by atoms with van der Waals surface area (Å²) in [5, 5.41) is 10.8. The van der Waals surface area contributed by atoms with Gasteiger partial charge in [-0.05, 0) is 38.0 Å². The van der Waals surface area contributed by atoms with E-state index in [1.807, 2.05) is 25.1 Å². The number of H-pyrrole nitrogens is 1. The Labute approximate surface area is 117 Å². The maximum atomic E-state index is 12.6. The van der Waals surface area contributed by atoms with Crippen LogP contribution < -0.4 is 5.73 Å². The van der Waals surface area contributed by atoms with Crippen LogP contribution in [0.25, 0.3) is 10.9 Å². The SMILES string of the molecule is CC1(O)CCN(C(=O)c2c[nH]c3ccc(N)cc23)CC1. The molecule has 0 atom stereocenters. The summed E-state index contributed by atoms with van der Waals surface area (Å²) in [7, 11) is 0. The fraction of sp³-hybridized carbons (Fsp3) is 0.400. The number of aromatic amines is 1. The molecular weight excluding hydrogens is 254 g/mol. The van der Waals surface area contributed by atoms with Crippen LogP contribution in [0.15, 0.2) is 24.4 Å². The number of hydrogen-bond acceptors (Lipinski definition) is 3. The molecule has 1 saturated heterocycles. The van der Waals surface area contributed by atoms with E-state index in [1.165, 1.54) is 0 Å². The molecule has 0 saturated carbocycles. The minimum absolute atomic E-state index is 0.00245. The summed E-state index contributed by atoms with van der Waals surface area (Å²) in [5.41, 5.74) is 7.34. The summed E-state index contributed by atoms with van der Waals surface area (Å²) in [5.74, 6) is -0.00245. The van der Waals surface area contributed by atoms with Crippen LogP contribution in [0.4, 0.5) is 5.69 Å². The number of likely N-dealkylation sites (tertiary alicyclic amines) is 1. The van der Waals surface area contributed by atoms with Crippen molar-refractivity contribution in [2.75, 3.05) is 18.8 Å². The molecule has 5 heteroatoms. The standard InChI is InChI=1S/C15H19N3O2/c1-15(20)4-6-18(7-5-15)14(19)12-9-17-13-3-2-10(16)8-11(12)13/h2-3,8-9,17,20H,4-7,16H2,1H3. The van der Waals surface area contributed by atoms with E-state index in [-0.39, 0.29) is 5.91 Å². The Morgan fingerprint density at radius 3 is 2.80 bits per heavy atom. The molecule has 20 heavy (non-hydrogen) atoms. The molecule has 1 amide bonds. The van der Waals surface area contributed by atoms with Crippen LogP contribution in [0.5, 0.6) is 0 Å². The number of fused-ring (bicyclic) bond motifs is 1. The molecular formula is C15H19N3O2. The van der Waals surface area contributed by atoms with E-state index < -0.39 is 5.60 Å². The van der Waals surface area contributed by atoms with Crippen LogP contribution in [0, 0.1) is 0 Å². The quantitative estimate of drug-likeness (QED) is 0.692. The minimum atomic E-state index is -0.651. The van der Waals surface area contributed by atoms with Gasteiger partial charge in [-0.1, -0.05) is 0 Å². The third kappa shape index (κ3) is 2.25. The lowest BCUT2D eigenvalue weighted by Crippen LogP contribution is -2.45. The number of rotatable bonds is 1. The Bertz CT molecular complexity index is 650. The van der Waals surface area contributed by atoms with Crippen molar-refractivity contribution in [3.8, 4) is 0 Å². The van der Waals surface area contributed by atoms with Gasteiger partial charge in [-0.15, -0.1) is 0 Å². The lowest BCUT2D eigenvalue weighted by molar-refractivity contribution is -0.00196. The molecule has 3 rings (SSSR count). The number of aromatic nitrogens is 1. The third-order valence-corrected chi connectivity index (χ3v) is 4.06. The van der Waals surface area contributed by atoms with Crippen molar-refractivity contribution in [3.05, 3.63) is 30.0 Å². The van der Waals surface area contributed by atoms with Crippen molar-refractivity contribution in [2.45, 2.75) is 25.4 Å². The van der Waals surface area contributed by atoms with E-state index in [0.29, 0.717) is 37.2 Å². The van der Waals surface area contributed by atoms with Gasteiger partial charge in [-0.3, -0.25) is 4.79 Å². The first-order valence-electron chi connectivity index (χ1n) is 6.84. The fourth-order valence-electron chi connectivity index (χ4n) is 2.68. The Morgan fingerprint density at radius 1 is 1.40 bits per heavy atom. The second-order valence-corrected chi connectivity index (χ2v) is 5.80. The van der Waals surface area contributed by atoms with E-state index in [9.17, 15) is 9.90 Å². The number of nitrogens with two attached hydrogens (primary N) is 1. The van der Waals surface area contributed by atoms with Crippen LogP contribution in [-0.4, -0.2) is 39.6 Å². The normalized spacial score (nSPS) is 18.4. The molecule has 0 radical (unpaired) electrons. The van der Waals surface area contributed by atoms with Gasteiger partial charge in [0.2, 0.25) is 0 Å². The van der Waals surface area contributed by atoms with Gasteiger partial charge in [0.25, 0.3) is 5.91 Å². The van der Waals surface area contributed by atoms with E-state index in [0.717, 1.165) is 10.9 Å². The fourth-order valence-corrected chi connectivity index (χ4v) is 2.68. The Morgan fingerprint density at radius 2 is 2.10 bits per heavy atom. The molecule has 2 aromatic rings. The van der Waals surface area contributed by atoms with E-state index >= 15 is 0 Å². The number of anilines is 1. The van der Waals surface area contributed by atoms with Crippen LogP contribution in [0.1, 0.15) is 30.1 Å². The highest BCUT2D eigenvalue weighted by Crippen LogP contribution is 2.26. The van der Waals surface area contributed by atoms with E-state index in [2.05, 4.69) is 4.98 Å². The predicted octanol–water partition coefficient (Wildman–Crippen LogP) is 1.74. The molecule has 1 aliphatic heterocycles. The zero-order chi connectivity index (χ0) is 14.3. The second kappa shape index (κ2) is 4.52. The number of hydrogen-bond donors (Lipinski definition) is 3. The van der Waals surface area contributed by atoms with Crippen molar-refractivity contribution < 1.29 is 9.90 Å². The summed E-state index contributed by atoms with van der Waals surface area (Å²) in [6.07, 6.45) is 2.96. The maximum absolute atomic E-state index is 12.6. The largest absolute Gasteiger partial charge is 0.399 e. The van der Waals surface area contributed by atoms with Crippen LogP contribution in [0.3, 0.4) is 0 Å². The van der Waals surface area contributed by atoms with Crippen LogP contribution >= 0.6 is 0 Å². The Balaban J connectivity index is 1.88. The second-order valence-electron chi connectivity index (χ2n) is 5.80. The number of carbonyl (C=O) groups is 1. The first kappa shape index (κ1) is 13.0. The van der Waals surface area contributed by atoms with Gasteiger partial charge in [0.05, 0.1) is 11.2 Å². The Kier molecular flexibility index (Phi) is 2.94. The molecule has 1 aromatic carbocycles. The van der Waals surface area contributed by atoms with E-state index in [1.54, 1.807) is 11.1 Å². The first-order chi connectivity index (χ1) is 9.46. The van der Waals surface area contributed by atoms with Crippen molar-refractivity contribution in [3.63, 3.8) is 0 Å². The molecule has 0 aliphatic carbocycles. The van der Waals surface area contributed by atoms with Gasteiger partial charge < -0.3 is 20.7 Å². The van der Waals surface area contributed by atoms with Crippen molar-refractivity contribution >= 4 is 22.5 Å². The summed E-state index contributed by atoms with van der Waals surface area (Å²) < 4.78 is 0. The molecule has 106 valence electrons. The van der Waals surface area contributed by atoms with Crippen LogP contribution in [0.2, 0.25) is 0 Å². The van der Waals surface area contributed by atoms with Gasteiger partial charge in [-0.2, -0.15) is 0 Å². The number of piperidine rings is 1. The molecule has 2 heterocycles. The summed E-state index contributed by atoms with van der Waals surface area (Å²) in [6, 6.07) is 5.51. The highest BCUT2D eigenvalue weighted by atomic mass is 16.3. The number of nitrogens with zero attached hydrogens (tertiary/aromatic N) is 1. The summed E-state index contributed by atoms with van der Waals surface area (Å²) in [4.78, 5) is 17.5. The molecule has 0 unspecified atom stereocenters. The smallest absolute Gasteiger partial charge is 0.256 e. The molecule has 1 fully saturated rings. The van der Waals surface area contributed by atoms with Gasteiger partial charge in [0.1, 0.15) is 0 Å². The highest BCUT2D eigenvalue weighted by Gasteiger charge is 2.30. The van der Waals surface area contributed by atoms with Gasteiger partial charge in [-0.25, -0.2) is 0 Å². The minimum Gasteiger partial charge on any atom is -0.399 e. The number of benzene rings is 1. The van der Waals surface area contributed by atoms with Crippen molar-refractivity contribution in [1.29, 1.82) is 0 Å². The number of nitrogen functional groups attached to an aromatic ring is 1. The third-order valence-electron chi connectivity index (χ3n) is 4.06. The monoisotopic (exact) mass is 273 g/mol. The van der Waals surface area contributed by atoms with Gasteiger partial charge in [0, 0.05) is 35.9 Å². The number of nitrogens with one attached hydrogen (secondary N) is 1. The number of carbonyl (C=O) groups excluding carboxylic acids is 1. The highest BCUT2D eigenvalue weighted by molar-refractivity contribution is 6.07. The molecule has 1 aromatic heterocycles. The zero-order valence-corrected chi connectivity index (χ0v) is 11.5. The number of amides is 1. The predicted molar refractivity (Wildman–Crippen MR) is 78.5 cm³/mol. The molecule has 0 bridgehead atoms. The zero-order valence-electron chi connectivity index (χ0n) is 11.5. The summed E-state index contributed by atoms with van der Waals surface area (Å²) in [6.45, 7) is 2.99. The Hall–Kier alpha value is -2.01. The topological polar surface area (TPSA) is 82.3 Å². The maximum Gasteiger partial charge on any atom is 0.256 e. The van der Waals surface area contributed by atoms with Gasteiger partial charge in [0.15, 0.2) is 0 Å². The summed E-state index contributed by atoms with van der Waals surface area (Å²) >= 11 is 0. The van der Waals surface area contributed by atoms with Crippen molar-refractivity contribution in [1.82, 2.24) is 9.88 Å². The molecule has 0 spiro atoms. The number of aliphatic hydroxyl groups is 1. The molecule has 5 nitrogen and oxygen atoms in total. The first-order valence-corrected chi connectivity index (χ1v) is 6.84. The lowest BCUT2D eigenvalue weighted by atomic mass is 9.93. The van der Waals surface area contributed by atoms with Crippen LogP contribution in [-0.2, 0) is 0 Å². The lowest BCUT2D eigenvalue weighted by Gasteiger charge is -2.35. The molecule has 4 N–H and O–H groups in total. The average molecular weight is 273 g/mol. The average Bonchev–Trinajstić information content (AvgIpc) is 2.81. The molecule has 1 aliphatic rings. The van der Waals surface area contributed by atoms with E-state index in [4.69, 9.17) is 5.73 Å².